The first-order chi connectivity index (χ1) is 8.63. The van der Waals surface area contributed by atoms with Crippen molar-refractivity contribution < 1.29 is 0 Å². The lowest BCUT2D eigenvalue weighted by atomic mass is 10.1. The molecule has 0 bridgehead atoms. The van der Waals surface area contributed by atoms with Crippen molar-refractivity contribution >= 4 is 17.4 Å². The second-order valence-corrected chi connectivity index (χ2v) is 5.62. The number of anilines is 1. The second-order valence-electron chi connectivity index (χ2n) is 5.23. The molecule has 3 nitrogen and oxygen atoms in total. The van der Waals surface area contributed by atoms with Crippen LogP contribution in [0.4, 0.5) is 5.82 Å². The Morgan fingerprint density at radius 2 is 2.11 bits per heavy atom. The maximum absolute atomic E-state index is 6.12. The number of nitrogens with zero attached hydrogens (tertiary/aromatic N) is 3. The van der Waals surface area contributed by atoms with Gasteiger partial charge in [-0.25, -0.2) is 9.97 Å². The Bertz CT molecular complexity index is 404. The van der Waals surface area contributed by atoms with Crippen LogP contribution < -0.4 is 4.90 Å². The summed E-state index contributed by atoms with van der Waals surface area (Å²) in [5.74, 6) is 3.13. The zero-order valence-electron chi connectivity index (χ0n) is 11.5. The fourth-order valence-electron chi connectivity index (χ4n) is 2.00. The van der Waals surface area contributed by atoms with Gasteiger partial charge in [0, 0.05) is 25.1 Å². The summed E-state index contributed by atoms with van der Waals surface area (Å²) in [4.78, 5) is 11.3. The van der Waals surface area contributed by atoms with Crippen molar-refractivity contribution in [2.75, 3.05) is 18.0 Å². The fourth-order valence-corrected chi connectivity index (χ4v) is 2.18. The van der Waals surface area contributed by atoms with Gasteiger partial charge in [0.2, 0.25) is 0 Å². The quantitative estimate of drug-likeness (QED) is 0.733. The Morgan fingerprint density at radius 1 is 1.39 bits per heavy atom. The van der Waals surface area contributed by atoms with Crippen LogP contribution in [-0.4, -0.2) is 23.1 Å². The molecule has 1 unspecified atom stereocenters. The van der Waals surface area contributed by atoms with E-state index in [1.165, 1.54) is 19.3 Å². The zero-order valence-corrected chi connectivity index (χ0v) is 12.2. The van der Waals surface area contributed by atoms with Gasteiger partial charge in [-0.3, -0.25) is 0 Å². The Balaban J connectivity index is 2.18. The molecular weight excluding hydrogens is 246 g/mol. The van der Waals surface area contributed by atoms with Crippen molar-refractivity contribution in [3.63, 3.8) is 0 Å². The van der Waals surface area contributed by atoms with Crippen LogP contribution in [0.3, 0.4) is 0 Å². The van der Waals surface area contributed by atoms with Crippen LogP contribution in [0.1, 0.15) is 51.8 Å². The van der Waals surface area contributed by atoms with E-state index >= 15 is 0 Å². The zero-order chi connectivity index (χ0) is 13.1. The van der Waals surface area contributed by atoms with Crippen molar-refractivity contribution in [1.82, 2.24) is 9.97 Å². The summed E-state index contributed by atoms with van der Waals surface area (Å²) >= 11 is 6.12. The van der Waals surface area contributed by atoms with Gasteiger partial charge in [0.1, 0.15) is 16.8 Å². The van der Waals surface area contributed by atoms with E-state index in [-0.39, 0.29) is 0 Å². The van der Waals surface area contributed by atoms with Gasteiger partial charge >= 0.3 is 0 Å². The molecule has 100 valence electrons. The summed E-state index contributed by atoms with van der Waals surface area (Å²) in [6.07, 6.45) is 3.60. The van der Waals surface area contributed by atoms with E-state index < -0.39 is 0 Å². The maximum atomic E-state index is 6.12. The Hall–Kier alpha value is -0.830. The molecule has 1 aromatic rings. The van der Waals surface area contributed by atoms with Crippen LogP contribution in [0.2, 0.25) is 5.15 Å². The van der Waals surface area contributed by atoms with E-state index in [4.69, 9.17) is 11.6 Å². The van der Waals surface area contributed by atoms with E-state index in [1.54, 1.807) is 0 Å². The van der Waals surface area contributed by atoms with Crippen LogP contribution in [0.15, 0.2) is 6.07 Å². The Labute approximate surface area is 115 Å². The first-order valence-electron chi connectivity index (χ1n) is 6.93. The molecule has 2 rings (SSSR count). The highest BCUT2D eigenvalue weighted by atomic mass is 35.5. The predicted molar refractivity (Wildman–Crippen MR) is 76.4 cm³/mol. The van der Waals surface area contributed by atoms with Gasteiger partial charge in [-0.05, 0) is 25.7 Å². The summed E-state index contributed by atoms with van der Waals surface area (Å²) in [7, 11) is 0. The highest BCUT2D eigenvalue weighted by Gasteiger charge is 2.27. The number of rotatable bonds is 6. The van der Waals surface area contributed by atoms with Crippen molar-refractivity contribution in [3.8, 4) is 0 Å². The molecule has 0 spiro atoms. The molecule has 0 aliphatic heterocycles. The van der Waals surface area contributed by atoms with E-state index in [0.29, 0.717) is 17.0 Å². The van der Waals surface area contributed by atoms with Gasteiger partial charge in [-0.2, -0.15) is 0 Å². The summed E-state index contributed by atoms with van der Waals surface area (Å²) in [5.41, 5.74) is 0. The molecule has 1 saturated carbocycles. The fraction of sp³-hybridized carbons (Fsp3) is 0.714. The van der Waals surface area contributed by atoms with Crippen LogP contribution in [0, 0.1) is 5.92 Å². The minimum Gasteiger partial charge on any atom is -0.356 e. The van der Waals surface area contributed by atoms with E-state index in [1.807, 2.05) is 6.07 Å². The average molecular weight is 268 g/mol. The van der Waals surface area contributed by atoms with E-state index in [0.717, 1.165) is 24.7 Å². The van der Waals surface area contributed by atoms with Gasteiger partial charge in [-0.15, -0.1) is 0 Å². The SMILES string of the molecule is CCC(C)CN(CC)c1cc(Cl)nc(C2CC2)n1. The third-order valence-electron chi connectivity index (χ3n) is 3.58. The Kier molecular flexibility index (Phi) is 4.44. The molecule has 1 aromatic heterocycles. The van der Waals surface area contributed by atoms with Crippen LogP contribution in [-0.2, 0) is 0 Å². The van der Waals surface area contributed by atoms with Crippen LogP contribution >= 0.6 is 11.6 Å². The molecule has 0 amide bonds. The lowest BCUT2D eigenvalue weighted by Gasteiger charge is -2.25. The summed E-state index contributed by atoms with van der Waals surface area (Å²) in [6.45, 7) is 8.65. The van der Waals surface area contributed by atoms with Gasteiger partial charge in [0.25, 0.3) is 0 Å². The van der Waals surface area contributed by atoms with Crippen molar-refractivity contribution in [3.05, 3.63) is 17.0 Å². The van der Waals surface area contributed by atoms with Crippen LogP contribution in [0.25, 0.3) is 0 Å². The molecule has 1 heterocycles. The first kappa shape index (κ1) is 13.6. The molecule has 0 radical (unpaired) electrons. The third-order valence-corrected chi connectivity index (χ3v) is 3.77. The molecular formula is C14H22ClN3. The molecule has 4 heteroatoms. The molecule has 0 aromatic carbocycles. The standard InChI is InChI=1S/C14H22ClN3/c1-4-10(3)9-18(5-2)13-8-12(15)16-14(17-13)11-6-7-11/h8,10-11H,4-7,9H2,1-3H3. The van der Waals surface area contributed by atoms with Crippen molar-refractivity contribution in [2.45, 2.75) is 46.0 Å². The van der Waals surface area contributed by atoms with Gasteiger partial charge in [0.15, 0.2) is 0 Å². The molecule has 0 N–H and O–H groups in total. The smallest absolute Gasteiger partial charge is 0.135 e. The highest BCUT2D eigenvalue weighted by Crippen LogP contribution is 2.39. The minimum atomic E-state index is 0.546. The largest absolute Gasteiger partial charge is 0.356 e. The number of halogens is 1. The topological polar surface area (TPSA) is 29.0 Å². The van der Waals surface area contributed by atoms with E-state index in [9.17, 15) is 0 Å². The van der Waals surface area contributed by atoms with Gasteiger partial charge in [0.05, 0.1) is 0 Å². The minimum absolute atomic E-state index is 0.546. The normalized spacial score (nSPS) is 16.7. The average Bonchev–Trinajstić information content (AvgIpc) is 3.18. The number of hydrogen-bond donors (Lipinski definition) is 0. The van der Waals surface area contributed by atoms with Gasteiger partial charge in [-0.1, -0.05) is 31.9 Å². The summed E-state index contributed by atoms with van der Waals surface area (Å²) in [5, 5.41) is 0.574. The van der Waals surface area contributed by atoms with Crippen molar-refractivity contribution in [2.24, 2.45) is 5.92 Å². The third kappa shape index (κ3) is 3.35. The van der Waals surface area contributed by atoms with Crippen LogP contribution in [0.5, 0.6) is 0 Å². The Morgan fingerprint density at radius 3 is 2.67 bits per heavy atom. The lowest BCUT2D eigenvalue weighted by Crippen LogP contribution is -2.29. The molecule has 0 saturated heterocycles. The first-order valence-corrected chi connectivity index (χ1v) is 7.31. The molecule has 1 atom stereocenters. The molecule has 1 fully saturated rings. The van der Waals surface area contributed by atoms with E-state index in [2.05, 4.69) is 35.6 Å². The molecule has 1 aliphatic carbocycles. The lowest BCUT2D eigenvalue weighted by molar-refractivity contribution is 0.545. The number of aromatic nitrogens is 2. The highest BCUT2D eigenvalue weighted by molar-refractivity contribution is 6.29. The number of hydrogen-bond acceptors (Lipinski definition) is 3. The second kappa shape index (κ2) is 5.87. The summed E-state index contributed by atoms with van der Waals surface area (Å²) in [6, 6.07) is 1.89. The summed E-state index contributed by atoms with van der Waals surface area (Å²) < 4.78 is 0. The van der Waals surface area contributed by atoms with Gasteiger partial charge < -0.3 is 4.90 Å². The monoisotopic (exact) mass is 267 g/mol. The predicted octanol–water partition coefficient (Wildman–Crippen LogP) is 3.88. The van der Waals surface area contributed by atoms with Crippen molar-refractivity contribution in [1.29, 1.82) is 0 Å². The maximum Gasteiger partial charge on any atom is 0.135 e. The molecule has 1 aliphatic rings. The molecule has 18 heavy (non-hydrogen) atoms.